The highest BCUT2D eigenvalue weighted by Crippen LogP contribution is 2.25. The van der Waals surface area contributed by atoms with Crippen LogP contribution in [0.25, 0.3) is 10.9 Å². The number of fused-ring (bicyclic) bond motifs is 1. The van der Waals surface area contributed by atoms with E-state index in [9.17, 15) is 4.79 Å². The van der Waals surface area contributed by atoms with Gasteiger partial charge in [0, 0.05) is 29.7 Å². The fraction of sp³-hybridized carbons (Fsp3) is 0.471. The van der Waals surface area contributed by atoms with Gasteiger partial charge in [-0.3, -0.25) is 4.79 Å². The van der Waals surface area contributed by atoms with Gasteiger partial charge in [-0.05, 0) is 50.1 Å². The smallest absolute Gasteiger partial charge is 0.181 e. The number of hydrogen-bond donors (Lipinski definition) is 1. The number of aromatic nitrogens is 1. The molecule has 0 amide bonds. The maximum Gasteiger partial charge on any atom is 0.181 e. The topological polar surface area (TPSA) is 34.0 Å². The minimum absolute atomic E-state index is 0.0905. The molecular formula is C17H24N2O. The third-order valence-electron chi connectivity index (χ3n) is 4.05. The zero-order chi connectivity index (χ0) is 14.9. The van der Waals surface area contributed by atoms with Gasteiger partial charge in [0.05, 0.1) is 6.04 Å². The summed E-state index contributed by atoms with van der Waals surface area (Å²) in [5, 5.41) is 4.34. The zero-order valence-corrected chi connectivity index (χ0v) is 13.1. The molecule has 1 aromatic heterocycles. The second-order valence-electron chi connectivity index (χ2n) is 5.49. The SMILES string of the molecule is CCNC(CC)C(=O)c1cn(C)c2cc(C)c(C)cc12. The Bertz CT molecular complexity index is 640. The van der Waals surface area contributed by atoms with Gasteiger partial charge in [-0.25, -0.2) is 0 Å². The average Bonchev–Trinajstić information content (AvgIpc) is 2.73. The van der Waals surface area contributed by atoms with Gasteiger partial charge in [0.2, 0.25) is 0 Å². The van der Waals surface area contributed by atoms with Gasteiger partial charge in [0.25, 0.3) is 0 Å². The molecule has 0 saturated carbocycles. The van der Waals surface area contributed by atoms with Gasteiger partial charge < -0.3 is 9.88 Å². The van der Waals surface area contributed by atoms with Crippen molar-refractivity contribution in [2.75, 3.05) is 6.54 Å². The molecule has 0 saturated heterocycles. The summed E-state index contributed by atoms with van der Waals surface area (Å²) >= 11 is 0. The number of nitrogens with one attached hydrogen (secondary N) is 1. The molecule has 0 aliphatic heterocycles. The van der Waals surface area contributed by atoms with Crippen molar-refractivity contribution < 1.29 is 4.79 Å². The molecule has 1 N–H and O–H groups in total. The molecule has 0 bridgehead atoms. The summed E-state index contributed by atoms with van der Waals surface area (Å²) in [4.78, 5) is 12.7. The largest absolute Gasteiger partial charge is 0.350 e. The fourth-order valence-corrected chi connectivity index (χ4v) is 2.69. The lowest BCUT2D eigenvalue weighted by atomic mass is 9.99. The number of ketones is 1. The Morgan fingerprint density at radius 2 is 1.90 bits per heavy atom. The molecule has 2 rings (SSSR count). The van der Waals surface area contributed by atoms with Crippen LogP contribution in [-0.4, -0.2) is 22.9 Å². The molecule has 3 nitrogen and oxygen atoms in total. The predicted octanol–water partition coefficient (Wildman–Crippen LogP) is 3.37. The van der Waals surface area contributed by atoms with Crippen LogP contribution in [0.1, 0.15) is 41.8 Å². The normalized spacial score (nSPS) is 12.8. The number of carbonyl (C=O) groups excluding carboxylic acids is 1. The van der Waals surface area contributed by atoms with E-state index in [1.807, 2.05) is 31.7 Å². The van der Waals surface area contributed by atoms with Crippen LogP contribution in [0.2, 0.25) is 0 Å². The number of hydrogen-bond acceptors (Lipinski definition) is 2. The van der Waals surface area contributed by atoms with Gasteiger partial charge in [0.1, 0.15) is 0 Å². The van der Waals surface area contributed by atoms with Crippen LogP contribution in [0.4, 0.5) is 0 Å². The number of carbonyl (C=O) groups is 1. The van der Waals surface area contributed by atoms with Gasteiger partial charge in [-0.15, -0.1) is 0 Å². The van der Waals surface area contributed by atoms with Crippen LogP contribution in [0.15, 0.2) is 18.3 Å². The molecule has 20 heavy (non-hydrogen) atoms. The molecule has 1 heterocycles. The molecule has 1 aromatic carbocycles. The van der Waals surface area contributed by atoms with Crippen molar-refractivity contribution in [1.29, 1.82) is 0 Å². The van der Waals surface area contributed by atoms with Gasteiger partial charge in [-0.2, -0.15) is 0 Å². The molecule has 0 aliphatic carbocycles. The first kappa shape index (κ1) is 14.8. The molecule has 0 fully saturated rings. The number of likely N-dealkylation sites (N-methyl/N-ethyl adjacent to an activating group) is 1. The summed E-state index contributed by atoms with van der Waals surface area (Å²) in [7, 11) is 2.00. The van der Waals surface area contributed by atoms with Gasteiger partial charge in [-0.1, -0.05) is 13.8 Å². The van der Waals surface area contributed by atoms with E-state index in [0.29, 0.717) is 0 Å². The first-order chi connectivity index (χ1) is 9.49. The van der Waals surface area contributed by atoms with Gasteiger partial charge in [0.15, 0.2) is 5.78 Å². The quantitative estimate of drug-likeness (QED) is 0.847. The minimum Gasteiger partial charge on any atom is -0.350 e. The van der Waals surface area contributed by atoms with Crippen LogP contribution < -0.4 is 5.32 Å². The van der Waals surface area contributed by atoms with Crippen LogP contribution in [-0.2, 0) is 7.05 Å². The number of Topliss-reactive ketones (excluding diaryl/α,β-unsaturated/α-hetero) is 1. The van der Waals surface area contributed by atoms with Gasteiger partial charge >= 0.3 is 0 Å². The molecule has 108 valence electrons. The lowest BCUT2D eigenvalue weighted by Gasteiger charge is -2.14. The highest BCUT2D eigenvalue weighted by Gasteiger charge is 2.21. The molecule has 1 unspecified atom stereocenters. The zero-order valence-electron chi connectivity index (χ0n) is 13.1. The van der Waals surface area contributed by atoms with E-state index >= 15 is 0 Å². The van der Waals surface area contributed by atoms with Crippen molar-refractivity contribution in [3.63, 3.8) is 0 Å². The molecule has 1 atom stereocenters. The second-order valence-corrected chi connectivity index (χ2v) is 5.49. The maximum atomic E-state index is 12.7. The first-order valence-electron chi connectivity index (χ1n) is 7.33. The van der Waals surface area contributed by atoms with Crippen molar-refractivity contribution in [2.45, 2.75) is 40.2 Å². The summed E-state index contributed by atoms with van der Waals surface area (Å²) in [6.07, 6.45) is 2.78. The third kappa shape index (κ3) is 2.50. The molecular weight excluding hydrogens is 248 g/mol. The average molecular weight is 272 g/mol. The number of rotatable bonds is 5. The maximum absolute atomic E-state index is 12.7. The van der Waals surface area contributed by atoms with E-state index in [2.05, 4.69) is 31.3 Å². The summed E-state index contributed by atoms with van der Waals surface area (Å²) in [5.41, 5.74) is 4.45. The van der Waals surface area contributed by atoms with Crippen molar-refractivity contribution in [1.82, 2.24) is 9.88 Å². The minimum atomic E-state index is -0.0905. The summed E-state index contributed by atoms with van der Waals surface area (Å²) < 4.78 is 2.05. The Hall–Kier alpha value is -1.61. The fourth-order valence-electron chi connectivity index (χ4n) is 2.69. The number of aryl methyl sites for hydroxylation is 3. The molecule has 2 aromatic rings. The number of benzene rings is 1. The predicted molar refractivity (Wildman–Crippen MR) is 84.5 cm³/mol. The Labute approximate surface area is 121 Å². The summed E-state index contributed by atoms with van der Waals surface area (Å²) in [6.45, 7) is 9.10. The van der Waals surface area contributed by atoms with Crippen molar-refractivity contribution >= 4 is 16.7 Å². The van der Waals surface area contributed by atoms with E-state index in [4.69, 9.17) is 0 Å². The standard InChI is InChI=1S/C17H24N2O/c1-6-15(18-7-2)17(20)14-10-19(5)16-9-12(4)11(3)8-13(14)16/h8-10,15,18H,6-7H2,1-5H3. The molecule has 3 heteroatoms. The lowest BCUT2D eigenvalue weighted by Crippen LogP contribution is -2.35. The van der Waals surface area contributed by atoms with Crippen molar-refractivity contribution in [3.05, 3.63) is 35.0 Å². The highest BCUT2D eigenvalue weighted by atomic mass is 16.1. The molecule has 0 spiro atoms. The lowest BCUT2D eigenvalue weighted by molar-refractivity contribution is 0.0943. The monoisotopic (exact) mass is 272 g/mol. The van der Waals surface area contributed by atoms with E-state index in [0.717, 1.165) is 29.4 Å². The highest BCUT2D eigenvalue weighted by molar-refractivity contribution is 6.10. The summed E-state index contributed by atoms with van der Waals surface area (Å²) in [5.74, 6) is 0.197. The Balaban J connectivity index is 2.54. The molecule has 0 radical (unpaired) electrons. The Morgan fingerprint density at radius 3 is 2.50 bits per heavy atom. The van der Waals surface area contributed by atoms with Crippen molar-refractivity contribution in [2.24, 2.45) is 7.05 Å². The van der Waals surface area contributed by atoms with E-state index < -0.39 is 0 Å². The summed E-state index contributed by atoms with van der Waals surface area (Å²) in [6, 6.07) is 4.21. The first-order valence-corrected chi connectivity index (χ1v) is 7.33. The van der Waals surface area contributed by atoms with E-state index in [1.165, 1.54) is 11.1 Å². The third-order valence-corrected chi connectivity index (χ3v) is 4.05. The van der Waals surface area contributed by atoms with E-state index in [-0.39, 0.29) is 11.8 Å². The van der Waals surface area contributed by atoms with Crippen LogP contribution in [0, 0.1) is 13.8 Å². The Morgan fingerprint density at radius 1 is 1.25 bits per heavy atom. The van der Waals surface area contributed by atoms with Crippen LogP contribution >= 0.6 is 0 Å². The molecule has 0 aliphatic rings. The number of nitrogens with zero attached hydrogens (tertiary/aromatic N) is 1. The van der Waals surface area contributed by atoms with Crippen LogP contribution in [0.3, 0.4) is 0 Å². The van der Waals surface area contributed by atoms with Crippen molar-refractivity contribution in [3.8, 4) is 0 Å². The Kier molecular flexibility index (Phi) is 4.29. The second kappa shape index (κ2) is 5.80. The van der Waals surface area contributed by atoms with E-state index in [1.54, 1.807) is 0 Å². The van der Waals surface area contributed by atoms with Crippen LogP contribution in [0.5, 0.6) is 0 Å².